The van der Waals surface area contributed by atoms with Crippen LogP contribution in [0.4, 0.5) is 24.5 Å². The average Bonchev–Trinajstić information content (AvgIpc) is 3.52. The summed E-state index contributed by atoms with van der Waals surface area (Å²) in [7, 11) is -2.50. The molecule has 2 amide bonds. The fourth-order valence-electron chi connectivity index (χ4n) is 5.48. The van der Waals surface area contributed by atoms with Crippen molar-refractivity contribution in [2.24, 2.45) is 5.10 Å². The van der Waals surface area contributed by atoms with Crippen LogP contribution in [-0.2, 0) is 17.3 Å². The maximum atomic E-state index is 13.4. The number of carbonyl (C=O) groups is 2. The van der Waals surface area contributed by atoms with Crippen LogP contribution in [0.3, 0.4) is 0 Å². The highest BCUT2D eigenvalue weighted by atomic mass is 35.5. The van der Waals surface area contributed by atoms with Gasteiger partial charge in [-0.15, -0.1) is 5.53 Å². The number of carbonyl (C=O) groups excluding carboxylic acids is 2. The zero-order valence-electron chi connectivity index (χ0n) is 26.3. The summed E-state index contributed by atoms with van der Waals surface area (Å²) in [4.78, 5) is 38.1. The third kappa shape index (κ3) is 10.1. The van der Waals surface area contributed by atoms with E-state index in [4.69, 9.17) is 16.5 Å². The van der Waals surface area contributed by atoms with Gasteiger partial charge in [0.05, 0.1) is 34.6 Å². The van der Waals surface area contributed by atoms with E-state index < -0.39 is 36.6 Å². The van der Waals surface area contributed by atoms with E-state index in [1.54, 1.807) is 35.3 Å². The van der Waals surface area contributed by atoms with Gasteiger partial charge in [0.2, 0.25) is 0 Å². The van der Waals surface area contributed by atoms with Gasteiger partial charge in [0.1, 0.15) is 0 Å². The van der Waals surface area contributed by atoms with Crippen LogP contribution in [0.15, 0.2) is 77.7 Å². The van der Waals surface area contributed by atoms with Crippen molar-refractivity contribution in [3.63, 3.8) is 0 Å². The van der Waals surface area contributed by atoms with Gasteiger partial charge >= 0.3 is 6.18 Å². The van der Waals surface area contributed by atoms with Crippen molar-refractivity contribution in [1.29, 1.82) is 0 Å². The summed E-state index contributed by atoms with van der Waals surface area (Å²) in [5.74, 6) is -1.11. The third-order valence-corrected chi connectivity index (χ3v) is 9.05. The Kier molecular flexibility index (Phi) is 12.0. The number of nitrogens with zero attached hydrogens (tertiary/aromatic N) is 3. The minimum Gasteiger partial charge on any atom is -0.372 e. The largest absolute Gasteiger partial charge is 0.417 e. The molecule has 5 N–H and O–H groups in total. The van der Waals surface area contributed by atoms with Gasteiger partial charge < -0.3 is 20.5 Å². The van der Waals surface area contributed by atoms with Crippen molar-refractivity contribution in [3.8, 4) is 0 Å². The first-order valence-electron chi connectivity index (χ1n) is 15.7. The Labute approximate surface area is 287 Å². The standard InChI is InChI=1S/C33H36ClF3N7O4P/c34-29-11-9-22(17-28(29)33(35,36)37)19-38-41-32(46)27-18-26(43-13-2-1-3-14-43)10-12-30(27)39-31(45)24-7-4-6-23(16-24)20-44-21-25(40-42-44)8-5-15-49(47)48/h4,6-7,9-12,16-19,21,40,42,49H,1-3,5,8,13-15,20H2,(H,39,45)(H,41,46)(H,47,48)/b38-19+. The highest BCUT2D eigenvalue weighted by Crippen LogP contribution is 2.35. The monoisotopic (exact) mass is 717 g/mol. The molecular weight excluding hydrogens is 682 g/mol. The molecule has 11 nitrogen and oxygen atoms in total. The summed E-state index contributed by atoms with van der Waals surface area (Å²) in [6.45, 7) is 2.05. The maximum Gasteiger partial charge on any atom is 0.417 e. The van der Waals surface area contributed by atoms with Gasteiger partial charge in [0.25, 0.3) is 11.8 Å². The molecule has 1 unspecified atom stereocenters. The Bertz CT molecular complexity index is 1770. The lowest BCUT2D eigenvalue weighted by molar-refractivity contribution is -0.137. The van der Waals surface area contributed by atoms with Crippen LogP contribution in [0.1, 0.15) is 69.5 Å². The normalized spacial score (nSPS) is 15.6. The minimum absolute atomic E-state index is 0.0827. The Balaban J connectivity index is 1.30. The summed E-state index contributed by atoms with van der Waals surface area (Å²) in [5, 5.41) is 8.05. The number of halogens is 4. The predicted octanol–water partition coefficient (Wildman–Crippen LogP) is 6.28. The molecule has 49 heavy (non-hydrogen) atoms. The van der Waals surface area contributed by atoms with Crippen molar-refractivity contribution in [2.45, 2.75) is 44.8 Å². The first-order valence-corrected chi connectivity index (χ1v) is 17.6. The van der Waals surface area contributed by atoms with Crippen molar-refractivity contribution in [1.82, 2.24) is 21.4 Å². The number of nitrogens with one attached hydrogen (secondary N) is 4. The number of hydrogen-bond acceptors (Lipinski definition) is 8. The molecule has 3 aromatic carbocycles. The molecule has 1 saturated heterocycles. The molecule has 0 aliphatic carbocycles. The van der Waals surface area contributed by atoms with E-state index in [1.165, 1.54) is 6.07 Å². The molecule has 0 radical (unpaired) electrons. The second-order valence-electron chi connectivity index (χ2n) is 11.6. The van der Waals surface area contributed by atoms with Crippen molar-refractivity contribution < 1.29 is 32.2 Å². The van der Waals surface area contributed by atoms with Crippen LogP contribution in [0, 0.1) is 0 Å². The number of alkyl halides is 3. The SMILES string of the molecule is O=C(Nc1ccc(N2CCCCC2)cc1C(=O)N/N=C/c1ccc(Cl)c(C(F)(F)F)c1)c1cccc(CN2C=C(CCC[PH](=O)O)NN2)c1. The second kappa shape index (κ2) is 16.4. The molecule has 0 bridgehead atoms. The Morgan fingerprint density at radius 2 is 1.84 bits per heavy atom. The molecule has 5 rings (SSSR count). The fourth-order valence-corrected chi connectivity index (χ4v) is 6.19. The first kappa shape index (κ1) is 35.9. The summed E-state index contributed by atoms with van der Waals surface area (Å²) in [6.07, 6.45) is 2.87. The van der Waals surface area contributed by atoms with Crippen LogP contribution >= 0.6 is 19.6 Å². The molecule has 1 atom stereocenters. The van der Waals surface area contributed by atoms with E-state index in [-0.39, 0.29) is 23.0 Å². The van der Waals surface area contributed by atoms with Gasteiger partial charge in [-0.3, -0.25) is 19.2 Å². The van der Waals surface area contributed by atoms with Gasteiger partial charge in [0.15, 0.2) is 8.03 Å². The van der Waals surface area contributed by atoms with Crippen molar-refractivity contribution in [3.05, 3.63) is 105 Å². The van der Waals surface area contributed by atoms with E-state index in [1.807, 2.05) is 18.3 Å². The number of piperidine rings is 1. The lowest BCUT2D eigenvalue weighted by Gasteiger charge is -2.29. The van der Waals surface area contributed by atoms with E-state index >= 15 is 0 Å². The highest BCUT2D eigenvalue weighted by Gasteiger charge is 2.33. The van der Waals surface area contributed by atoms with Gasteiger partial charge in [-0.25, -0.2) is 5.43 Å². The van der Waals surface area contributed by atoms with Gasteiger partial charge in [-0.05, 0) is 85.7 Å². The Morgan fingerprint density at radius 3 is 2.59 bits per heavy atom. The summed E-state index contributed by atoms with van der Waals surface area (Å²) >= 11 is 5.71. The summed E-state index contributed by atoms with van der Waals surface area (Å²) in [5.41, 5.74) is 10.7. The smallest absolute Gasteiger partial charge is 0.372 e. The van der Waals surface area contributed by atoms with Crippen molar-refractivity contribution >= 4 is 49.0 Å². The molecule has 260 valence electrons. The number of anilines is 2. The molecule has 2 aliphatic heterocycles. The summed E-state index contributed by atoms with van der Waals surface area (Å²) < 4.78 is 50.8. The molecule has 16 heteroatoms. The topological polar surface area (TPSA) is 138 Å². The first-order chi connectivity index (χ1) is 23.5. The zero-order valence-corrected chi connectivity index (χ0v) is 28.1. The Hall–Kier alpha value is -4.36. The van der Waals surface area contributed by atoms with E-state index in [0.29, 0.717) is 24.9 Å². The van der Waals surface area contributed by atoms with E-state index in [2.05, 4.69) is 31.7 Å². The van der Waals surface area contributed by atoms with Crippen LogP contribution in [0.25, 0.3) is 0 Å². The number of amides is 2. The number of allylic oxidation sites excluding steroid dienone is 1. The van der Waals surface area contributed by atoms with Crippen LogP contribution in [-0.4, -0.2) is 47.2 Å². The minimum atomic E-state index is -4.65. The van der Waals surface area contributed by atoms with E-state index in [0.717, 1.165) is 67.6 Å². The average molecular weight is 718 g/mol. The third-order valence-electron chi connectivity index (χ3n) is 7.94. The molecule has 0 spiro atoms. The van der Waals surface area contributed by atoms with Gasteiger partial charge in [-0.2, -0.15) is 18.3 Å². The lowest BCUT2D eigenvalue weighted by Crippen LogP contribution is -2.36. The van der Waals surface area contributed by atoms with E-state index in [9.17, 15) is 27.3 Å². The van der Waals surface area contributed by atoms with Crippen LogP contribution in [0.5, 0.6) is 0 Å². The van der Waals surface area contributed by atoms with Crippen LogP contribution in [0.2, 0.25) is 5.02 Å². The highest BCUT2D eigenvalue weighted by molar-refractivity contribution is 7.37. The molecule has 3 aromatic rings. The molecule has 1 fully saturated rings. The number of hydrogen-bond donors (Lipinski definition) is 5. The second-order valence-corrected chi connectivity index (χ2v) is 13.3. The number of benzene rings is 3. The quantitative estimate of drug-likeness (QED) is 0.0839. The van der Waals surface area contributed by atoms with Crippen LogP contribution < -0.4 is 26.6 Å². The molecule has 0 aromatic heterocycles. The Morgan fingerprint density at radius 1 is 1.04 bits per heavy atom. The molecule has 2 heterocycles. The molecule has 0 saturated carbocycles. The number of rotatable bonds is 12. The summed E-state index contributed by atoms with van der Waals surface area (Å²) in [6, 6.07) is 15.4. The molecular formula is C33H36ClF3N7O4P. The van der Waals surface area contributed by atoms with Crippen molar-refractivity contribution in [2.75, 3.05) is 29.5 Å². The maximum absolute atomic E-state index is 13.4. The van der Waals surface area contributed by atoms with Gasteiger partial charge in [0, 0.05) is 42.4 Å². The number of hydrazine groups is 2. The molecule has 2 aliphatic rings. The van der Waals surface area contributed by atoms with Gasteiger partial charge in [-0.1, -0.05) is 29.8 Å². The zero-order chi connectivity index (χ0) is 35.0. The number of hydrazone groups is 1. The predicted molar refractivity (Wildman–Crippen MR) is 184 cm³/mol. The fraction of sp³-hybridized carbons (Fsp3) is 0.303. The lowest BCUT2D eigenvalue weighted by atomic mass is 10.1.